The second-order valence-electron chi connectivity index (χ2n) is 6.29. The number of amides is 1. The summed E-state index contributed by atoms with van der Waals surface area (Å²) in [5.41, 5.74) is 0.985. The highest BCUT2D eigenvalue weighted by Crippen LogP contribution is 2.24. The average molecular weight is 319 g/mol. The smallest absolute Gasteiger partial charge is 0.410 e. The van der Waals surface area contributed by atoms with Gasteiger partial charge in [0.25, 0.3) is 0 Å². The molecule has 1 fully saturated rings. The van der Waals surface area contributed by atoms with Crippen LogP contribution in [-0.2, 0) is 16.1 Å². The maximum absolute atomic E-state index is 12.1. The van der Waals surface area contributed by atoms with E-state index < -0.39 is 5.97 Å². The van der Waals surface area contributed by atoms with Gasteiger partial charge in [0.2, 0.25) is 0 Å². The van der Waals surface area contributed by atoms with Crippen LogP contribution in [0.4, 0.5) is 4.79 Å². The number of hydrogen-bond acceptors (Lipinski definition) is 3. The largest absolute Gasteiger partial charge is 0.481 e. The minimum Gasteiger partial charge on any atom is -0.481 e. The lowest BCUT2D eigenvalue weighted by atomic mass is 9.89. The molecule has 0 aromatic heterocycles. The zero-order valence-electron chi connectivity index (χ0n) is 13.6. The van der Waals surface area contributed by atoms with Crippen LogP contribution < -0.4 is 0 Å². The molecule has 0 radical (unpaired) electrons. The fourth-order valence-electron chi connectivity index (χ4n) is 2.82. The number of piperidine rings is 1. The van der Waals surface area contributed by atoms with E-state index in [2.05, 4.69) is 0 Å². The molecular formula is C18H25NO4. The molecule has 2 rings (SSSR count). The highest BCUT2D eigenvalue weighted by atomic mass is 16.6. The van der Waals surface area contributed by atoms with Crippen LogP contribution in [-0.4, -0.2) is 35.2 Å². The molecule has 1 heterocycles. The lowest BCUT2D eigenvalue weighted by Crippen LogP contribution is -2.38. The molecule has 126 valence electrons. The summed E-state index contributed by atoms with van der Waals surface area (Å²) in [6, 6.07) is 9.65. The second kappa shape index (κ2) is 8.56. The Bertz CT molecular complexity index is 509. The third-order valence-corrected chi connectivity index (χ3v) is 4.51. The Morgan fingerprint density at radius 3 is 2.52 bits per heavy atom. The van der Waals surface area contributed by atoms with Crippen LogP contribution in [0.1, 0.15) is 38.2 Å². The number of nitrogens with zero attached hydrogens (tertiary/aromatic N) is 1. The summed E-state index contributed by atoms with van der Waals surface area (Å²) >= 11 is 0. The molecule has 0 saturated carbocycles. The topological polar surface area (TPSA) is 66.8 Å². The van der Waals surface area contributed by atoms with Gasteiger partial charge in [0.15, 0.2) is 0 Å². The van der Waals surface area contributed by atoms with Crippen LogP contribution in [0.3, 0.4) is 0 Å². The van der Waals surface area contributed by atoms with Crippen molar-refractivity contribution >= 4 is 12.1 Å². The molecule has 1 aromatic rings. The summed E-state index contributed by atoms with van der Waals surface area (Å²) < 4.78 is 5.34. The molecule has 5 nitrogen and oxygen atoms in total. The molecule has 0 spiro atoms. The fourth-order valence-corrected chi connectivity index (χ4v) is 2.82. The van der Waals surface area contributed by atoms with Crippen LogP contribution in [0.2, 0.25) is 0 Å². The number of carbonyl (C=O) groups is 2. The van der Waals surface area contributed by atoms with Crippen LogP contribution in [0.25, 0.3) is 0 Å². The van der Waals surface area contributed by atoms with E-state index >= 15 is 0 Å². The van der Waals surface area contributed by atoms with Crippen molar-refractivity contribution in [2.75, 3.05) is 13.1 Å². The SMILES string of the molecule is CC(CCC1CCN(C(=O)OCc2ccccc2)CC1)C(=O)O. The molecule has 1 atom stereocenters. The number of likely N-dealkylation sites (tertiary alicyclic amines) is 1. The normalized spacial score (nSPS) is 16.8. The predicted molar refractivity (Wildman–Crippen MR) is 87.0 cm³/mol. The number of hydrogen-bond donors (Lipinski definition) is 1. The Morgan fingerprint density at radius 2 is 1.91 bits per heavy atom. The fraction of sp³-hybridized carbons (Fsp3) is 0.556. The van der Waals surface area contributed by atoms with Crippen molar-refractivity contribution in [1.82, 2.24) is 4.90 Å². The molecule has 1 aliphatic heterocycles. The van der Waals surface area contributed by atoms with Gasteiger partial charge in [-0.3, -0.25) is 4.79 Å². The second-order valence-corrected chi connectivity index (χ2v) is 6.29. The highest BCUT2D eigenvalue weighted by Gasteiger charge is 2.24. The first-order chi connectivity index (χ1) is 11.1. The first-order valence-electron chi connectivity index (χ1n) is 8.24. The number of rotatable bonds is 6. The van der Waals surface area contributed by atoms with Crippen molar-refractivity contribution in [2.24, 2.45) is 11.8 Å². The first-order valence-corrected chi connectivity index (χ1v) is 8.24. The van der Waals surface area contributed by atoms with Gasteiger partial charge >= 0.3 is 12.1 Å². The van der Waals surface area contributed by atoms with E-state index in [9.17, 15) is 9.59 Å². The van der Waals surface area contributed by atoms with E-state index in [1.165, 1.54) is 0 Å². The number of aliphatic carboxylic acids is 1. The standard InChI is InChI=1S/C18H25NO4/c1-14(17(20)21)7-8-15-9-11-19(12-10-15)18(22)23-13-16-5-3-2-4-6-16/h2-6,14-15H,7-13H2,1H3,(H,20,21). The van der Waals surface area contributed by atoms with Gasteiger partial charge in [0, 0.05) is 13.1 Å². The van der Waals surface area contributed by atoms with Gasteiger partial charge in [0.1, 0.15) is 6.61 Å². The Hall–Kier alpha value is -2.04. The molecule has 1 aliphatic rings. The summed E-state index contributed by atoms with van der Waals surface area (Å²) in [5.74, 6) is -0.509. The van der Waals surface area contributed by atoms with Crippen molar-refractivity contribution in [1.29, 1.82) is 0 Å². The molecule has 0 bridgehead atoms. The molecule has 23 heavy (non-hydrogen) atoms. The van der Waals surface area contributed by atoms with Crippen molar-refractivity contribution in [3.63, 3.8) is 0 Å². The molecule has 1 aromatic carbocycles. The van der Waals surface area contributed by atoms with Gasteiger partial charge in [-0.2, -0.15) is 0 Å². The van der Waals surface area contributed by atoms with Crippen molar-refractivity contribution in [2.45, 2.75) is 39.2 Å². The van der Waals surface area contributed by atoms with Crippen LogP contribution in [0.5, 0.6) is 0 Å². The lowest BCUT2D eigenvalue weighted by Gasteiger charge is -2.31. The van der Waals surface area contributed by atoms with Crippen LogP contribution in [0.15, 0.2) is 30.3 Å². The maximum atomic E-state index is 12.1. The summed E-state index contributed by atoms with van der Waals surface area (Å²) in [4.78, 5) is 24.6. The Labute approximate surface area is 137 Å². The number of carbonyl (C=O) groups excluding carboxylic acids is 1. The Morgan fingerprint density at radius 1 is 1.26 bits per heavy atom. The van der Waals surface area contributed by atoms with Crippen molar-refractivity contribution in [3.8, 4) is 0 Å². The van der Waals surface area contributed by atoms with E-state index in [1.807, 2.05) is 30.3 Å². The number of ether oxygens (including phenoxy) is 1. The number of carboxylic acid groups (broad SMARTS) is 1. The van der Waals surface area contributed by atoms with E-state index in [1.54, 1.807) is 11.8 Å². The van der Waals surface area contributed by atoms with E-state index in [0.29, 0.717) is 32.0 Å². The third-order valence-electron chi connectivity index (χ3n) is 4.51. The van der Waals surface area contributed by atoms with Gasteiger partial charge in [0.05, 0.1) is 5.92 Å². The monoisotopic (exact) mass is 319 g/mol. The zero-order valence-corrected chi connectivity index (χ0v) is 13.6. The lowest BCUT2D eigenvalue weighted by molar-refractivity contribution is -0.141. The highest BCUT2D eigenvalue weighted by molar-refractivity contribution is 5.69. The molecule has 1 N–H and O–H groups in total. The molecule has 1 saturated heterocycles. The van der Waals surface area contributed by atoms with Gasteiger partial charge < -0.3 is 14.7 Å². The van der Waals surface area contributed by atoms with E-state index in [4.69, 9.17) is 9.84 Å². The minimum atomic E-state index is -0.730. The first kappa shape index (κ1) is 17.3. The molecule has 1 amide bonds. The Kier molecular flexibility index (Phi) is 6.44. The molecule has 1 unspecified atom stereocenters. The van der Waals surface area contributed by atoms with E-state index in [0.717, 1.165) is 24.8 Å². The predicted octanol–water partition coefficient (Wildman–Crippen LogP) is 3.54. The van der Waals surface area contributed by atoms with Gasteiger partial charge in [-0.1, -0.05) is 37.3 Å². The van der Waals surface area contributed by atoms with Gasteiger partial charge in [-0.05, 0) is 37.2 Å². The van der Waals surface area contributed by atoms with Crippen LogP contribution in [0, 0.1) is 11.8 Å². The quantitative estimate of drug-likeness (QED) is 0.871. The summed E-state index contributed by atoms with van der Waals surface area (Å²) in [5, 5.41) is 8.91. The molecular weight excluding hydrogens is 294 g/mol. The van der Waals surface area contributed by atoms with Crippen molar-refractivity contribution in [3.05, 3.63) is 35.9 Å². The summed E-state index contributed by atoms with van der Waals surface area (Å²) in [7, 11) is 0. The minimum absolute atomic E-state index is 0.258. The zero-order chi connectivity index (χ0) is 16.7. The third kappa shape index (κ3) is 5.58. The average Bonchev–Trinajstić information content (AvgIpc) is 2.58. The maximum Gasteiger partial charge on any atom is 0.410 e. The van der Waals surface area contributed by atoms with Gasteiger partial charge in [-0.25, -0.2) is 4.79 Å². The molecule has 5 heteroatoms. The van der Waals surface area contributed by atoms with E-state index in [-0.39, 0.29) is 12.0 Å². The van der Waals surface area contributed by atoms with Gasteiger partial charge in [-0.15, -0.1) is 0 Å². The number of benzene rings is 1. The van der Waals surface area contributed by atoms with Crippen molar-refractivity contribution < 1.29 is 19.4 Å². The summed E-state index contributed by atoms with van der Waals surface area (Å²) in [6.45, 7) is 3.44. The van der Waals surface area contributed by atoms with Crippen LogP contribution >= 0.6 is 0 Å². The summed E-state index contributed by atoms with van der Waals surface area (Å²) in [6.07, 6.45) is 3.21. The Balaban J connectivity index is 1.67. The number of carboxylic acids is 1. The molecule has 0 aliphatic carbocycles.